The number of carbonyl (C=O) groups excluding carboxylic acids is 1. The number of hydrogen-bond acceptors (Lipinski definition) is 4. The predicted octanol–water partition coefficient (Wildman–Crippen LogP) is 2.25. The van der Waals surface area contributed by atoms with Crippen molar-refractivity contribution < 1.29 is 22.7 Å². The summed E-state index contributed by atoms with van der Waals surface area (Å²) in [4.78, 5) is 16.8. The zero-order valence-electron chi connectivity index (χ0n) is 15.3. The van der Waals surface area contributed by atoms with Gasteiger partial charge in [0.15, 0.2) is 0 Å². The Morgan fingerprint density at radius 3 is 2.37 bits per heavy atom. The van der Waals surface area contributed by atoms with Crippen molar-refractivity contribution in [3.8, 4) is 0 Å². The summed E-state index contributed by atoms with van der Waals surface area (Å²) < 4.78 is 43.3. The lowest BCUT2D eigenvalue weighted by Crippen LogP contribution is -2.58. The number of nitrogens with zero attached hydrogens (tertiary/aromatic N) is 2. The van der Waals surface area contributed by atoms with Gasteiger partial charge in [0, 0.05) is 45.9 Å². The lowest BCUT2D eigenvalue weighted by Gasteiger charge is -2.36. The first-order valence-electron chi connectivity index (χ1n) is 9.32. The van der Waals surface area contributed by atoms with Gasteiger partial charge in [0.2, 0.25) is 5.91 Å². The van der Waals surface area contributed by atoms with Crippen LogP contribution in [0.5, 0.6) is 0 Å². The number of carbonyl (C=O) groups is 1. The summed E-state index contributed by atoms with van der Waals surface area (Å²) in [7, 11) is 0. The third kappa shape index (κ3) is 5.00. The van der Waals surface area contributed by atoms with Crippen molar-refractivity contribution in [3.63, 3.8) is 0 Å². The second-order valence-electron chi connectivity index (χ2n) is 7.39. The largest absolute Gasteiger partial charge is 0.416 e. The Hall–Kier alpha value is -1.64. The zero-order chi connectivity index (χ0) is 19.5. The first-order chi connectivity index (χ1) is 12.8. The van der Waals surface area contributed by atoms with E-state index in [1.54, 1.807) is 0 Å². The topological polar surface area (TPSA) is 58.8 Å². The maximum Gasteiger partial charge on any atom is 0.416 e. The molecule has 8 heteroatoms. The standard InChI is InChI=1S/C19H26F3N3O2/c20-19(21,22)16-4-2-15(3-5-16)14-24-8-1-9-25(11-10-24)17(26)18(23)6-12-27-13-7-18/h2-5H,1,6-14,23H2. The van der Waals surface area contributed by atoms with E-state index in [9.17, 15) is 18.0 Å². The number of alkyl halides is 3. The second-order valence-corrected chi connectivity index (χ2v) is 7.39. The molecule has 0 unspecified atom stereocenters. The highest BCUT2D eigenvalue weighted by molar-refractivity contribution is 5.86. The van der Waals surface area contributed by atoms with E-state index in [4.69, 9.17) is 10.5 Å². The van der Waals surface area contributed by atoms with Gasteiger partial charge in [0.1, 0.15) is 0 Å². The van der Waals surface area contributed by atoms with Crippen LogP contribution in [-0.2, 0) is 22.3 Å². The van der Waals surface area contributed by atoms with Crippen molar-refractivity contribution in [2.45, 2.75) is 37.5 Å². The van der Waals surface area contributed by atoms with E-state index >= 15 is 0 Å². The SMILES string of the molecule is NC1(C(=O)N2CCCN(Cc3ccc(C(F)(F)F)cc3)CC2)CCOCC1. The highest BCUT2D eigenvalue weighted by Gasteiger charge is 2.39. The van der Waals surface area contributed by atoms with Crippen LogP contribution in [-0.4, -0.2) is 60.6 Å². The van der Waals surface area contributed by atoms with E-state index in [0.29, 0.717) is 52.2 Å². The number of halogens is 3. The summed E-state index contributed by atoms with van der Waals surface area (Å²) >= 11 is 0. The molecule has 0 bridgehead atoms. The summed E-state index contributed by atoms with van der Waals surface area (Å²) in [6.45, 7) is 4.31. The molecular formula is C19H26F3N3O2. The van der Waals surface area contributed by atoms with Crippen LogP contribution in [0.15, 0.2) is 24.3 Å². The molecule has 2 aliphatic heterocycles. The van der Waals surface area contributed by atoms with E-state index < -0.39 is 17.3 Å². The average Bonchev–Trinajstić information content (AvgIpc) is 2.87. The number of hydrogen-bond donors (Lipinski definition) is 1. The van der Waals surface area contributed by atoms with Gasteiger partial charge in [-0.15, -0.1) is 0 Å². The third-order valence-electron chi connectivity index (χ3n) is 5.37. The second kappa shape index (κ2) is 8.16. The molecule has 0 saturated carbocycles. The molecular weight excluding hydrogens is 359 g/mol. The van der Waals surface area contributed by atoms with E-state index in [1.165, 1.54) is 12.1 Å². The van der Waals surface area contributed by atoms with Gasteiger partial charge in [0.25, 0.3) is 0 Å². The van der Waals surface area contributed by atoms with Gasteiger partial charge in [-0.05, 0) is 37.0 Å². The molecule has 2 aliphatic rings. The van der Waals surface area contributed by atoms with Crippen molar-refractivity contribution in [1.82, 2.24) is 9.80 Å². The molecule has 0 aromatic heterocycles. The fourth-order valence-electron chi connectivity index (χ4n) is 3.65. The van der Waals surface area contributed by atoms with Crippen LogP contribution in [0, 0.1) is 0 Å². The predicted molar refractivity (Wildman–Crippen MR) is 94.9 cm³/mol. The Morgan fingerprint density at radius 1 is 1.07 bits per heavy atom. The first-order valence-corrected chi connectivity index (χ1v) is 9.32. The van der Waals surface area contributed by atoms with Crippen LogP contribution in [0.1, 0.15) is 30.4 Å². The van der Waals surface area contributed by atoms with Gasteiger partial charge >= 0.3 is 6.18 Å². The molecule has 1 amide bonds. The zero-order valence-corrected chi connectivity index (χ0v) is 15.3. The van der Waals surface area contributed by atoms with Crippen LogP contribution >= 0.6 is 0 Å². The normalized spacial score (nSPS) is 21.7. The van der Waals surface area contributed by atoms with Crippen molar-refractivity contribution >= 4 is 5.91 Å². The number of amides is 1. The molecule has 1 aromatic rings. The number of ether oxygens (including phenoxy) is 1. The van der Waals surface area contributed by atoms with E-state index in [2.05, 4.69) is 4.90 Å². The maximum atomic E-state index is 12.8. The fourth-order valence-corrected chi connectivity index (χ4v) is 3.65. The molecule has 27 heavy (non-hydrogen) atoms. The Kier molecular flexibility index (Phi) is 6.08. The molecule has 2 saturated heterocycles. The van der Waals surface area contributed by atoms with Gasteiger partial charge in [-0.25, -0.2) is 0 Å². The molecule has 0 spiro atoms. The Morgan fingerprint density at radius 2 is 1.74 bits per heavy atom. The third-order valence-corrected chi connectivity index (χ3v) is 5.37. The molecule has 150 valence electrons. The fraction of sp³-hybridized carbons (Fsp3) is 0.632. The van der Waals surface area contributed by atoms with Gasteiger partial charge in [-0.2, -0.15) is 13.2 Å². The minimum absolute atomic E-state index is 0.0119. The van der Waals surface area contributed by atoms with Crippen LogP contribution in [0.25, 0.3) is 0 Å². The molecule has 2 fully saturated rings. The highest BCUT2D eigenvalue weighted by atomic mass is 19.4. The smallest absolute Gasteiger partial charge is 0.381 e. The summed E-state index contributed by atoms with van der Waals surface area (Å²) in [5.41, 5.74) is 5.68. The van der Waals surface area contributed by atoms with Crippen LogP contribution in [0.3, 0.4) is 0 Å². The van der Waals surface area contributed by atoms with Crippen molar-refractivity contribution in [3.05, 3.63) is 35.4 Å². The molecule has 0 aliphatic carbocycles. The van der Waals surface area contributed by atoms with E-state index in [1.807, 2.05) is 4.90 Å². The van der Waals surface area contributed by atoms with Crippen molar-refractivity contribution in [1.29, 1.82) is 0 Å². The van der Waals surface area contributed by atoms with E-state index in [0.717, 1.165) is 30.7 Å². The molecule has 1 aromatic carbocycles. The average molecular weight is 385 g/mol. The van der Waals surface area contributed by atoms with E-state index in [-0.39, 0.29) is 5.91 Å². The highest BCUT2D eigenvalue weighted by Crippen LogP contribution is 2.29. The van der Waals surface area contributed by atoms with Crippen molar-refractivity contribution in [2.75, 3.05) is 39.4 Å². The summed E-state index contributed by atoms with van der Waals surface area (Å²) in [6.07, 6.45) is -2.42. The molecule has 5 nitrogen and oxygen atoms in total. The number of rotatable bonds is 3. The van der Waals surface area contributed by atoms with Gasteiger partial charge in [-0.3, -0.25) is 9.69 Å². The van der Waals surface area contributed by atoms with Gasteiger partial charge in [-0.1, -0.05) is 12.1 Å². The Labute approximate surface area is 157 Å². The minimum Gasteiger partial charge on any atom is -0.381 e. The molecule has 0 atom stereocenters. The first kappa shape index (κ1) is 20.1. The molecule has 2 N–H and O–H groups in total. The number of benzene rings is 1. The number of nitrogens with two attached hydrogens (primary N) is 1. The van der Waals surface area contributed by atoms with Crippen LogP contribution in [0.2, 0.25) is 0 Å². The Balaban J connectivity index is 1.56. The van der Waals surface area contributed by atoms with Gasteiger partial charge < -0.3 is 15.4 Å². The van der Waals surface area contributed by atoms with Crippen LogP contribution in [0.4, 0.5) is 13.2 Å². The molecule has 3 rings (SSSR count). The summed E-state index contributed by atoms with van der Waals surface area (Å²) in [6, 6.07) is 5.28. The maximum absolute atomic E-state index is 12.8. The lowest BCUT2D eigenvalue weighted by atomic mass is 9.89. The Bertz CT molecular complexity index is 643. The molecule has 2 heterocycles. The van der Waals surface area contributed by atoms with Crippen LogP contribution < -0.4 is 5.73 Å². The summed E-state index contributed by atoms with van der Waals surface area (Å²) in [5, 5.41) is 0. The molecule has 0 radical (unpaired) electrons. The lowest BCUT2D eigenvalue weighted by molar-refractivity contribution is -0.140. The minimum atomic E-state index is -4.32. The monoisotopic (exact) mass is 385 g/mol. The summed E-state index contributed by atoms with van der Waals surface area (Å²) in [5.74, 6) is -0.0119. The van der Waals surface area contributed by atoms with Crippen molar-refractivity contribution in [2.24, 2.45) is 5.73 Å². The van der Waals surface area contributed by atoms with Gasteiger partial charge in [0.05, 0.1) is 11.1 Å². The quantitative estimate of drug-likeness (QED) is 0.867.